The molecule has 0 bridgehead atoms. The Morgan fingerprint density at radius 1 is 1.67 bits per heavy atom. The molecule has 1 aliphatic rings. The van der Waals surface area contributed by atoms with E-state index < -0.39 is 6.10 Å². The van der Waals surface area contributed by atoms with E-state index in [0.29, 0.717) is 19.0 Å². The Balaban J connectivity index is 0.00000162. The second-order valence-electron chi connectivity index (χ2n) is 4.31. The lowest BCUT2D eigenvalue weighted by atomic mass is 10.3. The number of hydrogen-bond acceptors (Lipinski definition) is 4. The smallest absolute Gasteiger partial charge is 0.255 e. The molecule has 1 fully saturated rings. The number of ether oxygens (including phenoxy) is 1. The maximum Gasteiger partial charge on any atom is 0.255 e. The maximum absolute atomic E-state index is 11.9. The average Bonchev–Trinajstić information content (AvgIpc) is 2.78. The molecule has 1 atom stereocenters. The predicted molar refractivity (Wildman–Crippen MR) is 71.1 cm³/mol. The summed E-state index contributed by atoms with van der Waals surface area (Å²) in [6.07, 6.45) is 1.26. The molecular formula is C11H19ClN4O2. The summed E-state index contributed by atoms with van der Waals surface area (Å²) in [6, 6.07) is 2.00. The summed E-state index contributed by atoms with van der Waals surface area (Å²) < 4.78 is 7.16. The molecule has 0 aromatic carbocycles. The molecule has 102 valence electrons. The highest BCUT2D eigenvalue weighted by atomic mass is 35.5. The first-order chi connectivity index (χ1) is 8.18. The van der Waals surface area contributed by atoms with Gasteiger partial charge in [0.25, 0.3) is 5.91 Å². The Bertz CT molecular complexity index is 388. The van der Waals surface area contributed by atoms with Crippen molar-refractivity contribution in [3.05, 3.63) is 12.3 Å². The molecule has 1 amide bonds. The van der Waals surface area contributed by atoms with Crippen molar-refractivity contribution in [3.63, 3.8) is 0 Å². The fraction of sp³-hybridized carbons (Fsp3) is 0.636. The number of carbonyl (C=O) groups excluding carboxylic acids is 1. The van der Waals surface area contributed by atoms with Crippen LogP contribution in [0.4, 0.5) is 5.82 Å². The van der Waals surface area contributed by atoms with Crippen molar-refractivity contribution in [1.82, 2.24) is 15.1 Å². The molecule has 0 saturated carbocycles. The molecule has 2 heterocycles. The van der Waals surface area contributed by atoms with Gasteiger partial charge in [0.1, 0.15) is 11.9 Å². The number of nitrogens with one attached hydrogen (secondary N) is 2. The van der Waals surface area contributed by atoms with Gasteiger partial charge in [0.15, 0.2) is 0 Å². The van der Waals surface area contributed by atoms with Gasteiger partial charge in [0, 0.05) is 25.2 Å². The zero-order valence-corrected chi connectivity index (χ0v) is 11.4. The Morgan fingerprint density at radius 3 is 3.06 bits per heavy atom. The number of amides is 1. The fourth-order valence-electron chi connectivity index (χ4n) is 1.77. The number of rotatable bonds is 3. The summed E-state index contributed by atoms with van der Waals surface area (Å²) in [5.41, 5.74) is 0. The zero-order chi connectivity index (χ0) is 12.3. The van der Waals surface area contributed by atoms with E-state index in [1.165, 1.54) is 0 Å². The zero-order valence-electron chi connectivity index (χ0n) is 10.5. The van der Waals surface area contributed by atoms with Gasteiger partial charge in [-0.05, 0) is 13.8 Å². The van der Waals surface area contributed by atoms with Gasteiger partial charge in [0.05, 0.1) is 12.8 Å². The van der Waals surface area contributed by atoms with Crippen LogP contribution in [0.2, 0.25) is 0 Å². The molecule has 1 aromatic heterocycles. The Morgan fingerprint density at radius 2 is 2.44 bits per heavy atom. The van der Waals surface area contributed by atoms with Crippen molar-refractivity contribution in [1.29, 1.82) is 0 Å². The lowest BCUT2D eigenvalue weighted by molar-refractivity contribution is -0.128. The Labute approximate surface area is 112 Å². The number of aromatic nitrogens is 2. The fourth-order valence-corrected chi connectivity index (χ4v) is 1.77. The van der Waals surface area contributed by atoms with Crippen LogP contribution in [0.15, 0.2) is 12.3 Å². The molecule has 1 unspecified atom stereocenters. The summed E-state index contributed by atoms with van der Waals surface area (Å²) >= 11 is 0. The number of anilines is 1. The van der Waals surface area contributed by atoms with Gasteiger partial charge in [-0.1, -0.05) is 0 Å². The first-order valence-corrected chi connectivity index (χ1v) is 5.85. The minimum atomic E-state index is -0.417. The molecule has 18 heavy (non-hydrogen) atoms. The van der Waals surface area contributed by atoms with E-state index in [1.807, 2.05) is 13.8 Å². The molecule has 0 aliphatic carbocycles. The number of halogens is 1. The van der Waals surface area contributed by atoms with Gasteiger partial charge in [-0.15, -0.1) is 12.4 Å². The van der Waals surface area contributed by atoms with Gasteiger partial charge in [-0.25, -0.2) is 4.68 Å². The second kappa shape index (κ2) is 6.72. The monoisotopic (exact) mass is 274 g/mol. The van der Waals surface area contributed by atoms with Crippen LogP contribution in [0.1, 0.15) is 19.9 Å². The van der Waals surface area contributed by atoms with E-state index >= 15 is 0 Å². The van der Waals surface area contributed by atoms with Crippen LogP contribution in [0.5, 0.6) is 0 Å². The van der Waals surface area contributed by atoms with E-state index in [9.17, 15) is 4.79 Å². The highest BCUT2D eigenvalue weighted by Gasteiger charge is 2.22. The molecule has 1 aromatic rings. The predicted octanol–water partition coefficient (Wildman–Crippen LogP) is 0.813. The summed E-state index contributed by atoms with van der Waals surface area (Å²) in [6.45, 7) is 5.96. The number of carbonyl (C=O) groups is 1. The molecule has 1 aliphatic heterocycles. The van der Waals surface area contributed by atoms with Crippen LogP contribution in [0.3, 0.4) is 0 Å². The van der Waals surface area contributed by atoms with Crippen LogP contribution in [0, 0.1) is 0 Å². The number of nitrogens with zero attached hydrogens (tertiary/aromatic N) is 2. The maximum atomic E-state index is 11.9. The van der Waals surface area contributed by atoms with Gasteiger partial charge < -0.3 is 15.4 Å². The van der Waals surface area contributed by atoms with E-state index in [0.717, 1.165) is 6.54 Å². The Kier molecular flexibility index (Phi) is 5.58. The summed E-state index contributed by atoms with van der Waals surface area (Å²) in [4.78, 5) is 11.9. The molecule has 0 spiro atoms. The van der Waals surface area contributed by atoms with Crippen LogP contribution < -0.4 is 10.6 Å². The first-order valence-electron chi connectivity index (χ1n) is 5.85. The van der Waals surface area contributed by atoms with Crippen molar-refractivity contribution in [2.45, 2.75) is 26.0 Å². The minimum absolute atomic E-state index is 0. The van der Waals surface area contributed by atoms with E-state index in [2.05, 4.69) is 15.7 Å². The SMILES string of the molecule is CC(C)n1nccc1NC(=O)C1CNCCO1.Cl. The standard InChI is InChI=1S/C11H18N4O2.ClH/c1-8(2)15-10(3-4-13-15)14-11(16)9-7-12-5-6-17-9;/h3-4,8-9,12H,5-7H2,1-2H3,(H,14,16);1H. The van der Waals surface area contributed by atoms with Crippen molar-refractivity contribution in [3.8, 4) is 0 Å². The van der Waals surface area contributed by atoms with E-state index in [1.54, 1.807) is 16.9 Å². The molecule has 2 N–H and O–H groups in total. The molecule has 2 rings (SSSR count). The van der Waals surface area contributed by atoms with Gasteiger partial charge >= 0.3 is 0 Å². The van der Waals surface area contributed by atoms with Crippen LogP contribution in [-0.4, -0.2) is 41.5 Å². The van der Waals surface area contributed by atoms with Crippen molar-refractivity contribution < 1.29 is 9.53 Å². The van der Waals surface area contributed by atoms with Crippen molar-refractivity contribution >= 4 is 24.1 Å². The van der Waals surface area contributed by atoms with Crippen molar-refractivity contribution in [2.75, 3.05) is 25.0 Å². The average molecular weight is 275 g/mol. The molecule has 1 saturated heterocycles. The highest BCUT2D eigenvalue weighted by Crippen LogP contribution is 2.13. The van der Waals surface area contributed by atoms with Crippen LogP contribution in [-0.2, 0) is 9.53 Å². The third-order valence-corrected chi connectivity index (χ3v) is 2.63. The van der Waals surface area contributed by atoms with Gasteiger partial charge in [-0.2, -0.15) is 5.10 Å². The second-order valence-corrected chi connectivity index (χ2v) is 4.31. The topological polar surface area (TPSA) is 68.2 Å². The lowest BCUT2D eigenvalue weighted by Gasteiger charge is -2.23. The van der Waals surface area contributed by atoms with Gasteiger partial charge in [-0.3, -0.25) is 4.79 Å². The van der Waals surface area contributed by atoms with Crippen molar-refractivity contribution in [2.24, 2.45) is 0 Å². The normalized spacial score (nSPS) is 19.4. The Hall–Kier alpha value is -1.11. The summed E-state index contributed by atoms with van der Waals surface area (Å²) in [7, 11) is 0. The first kappa shape index (κ1) is 14.9. The van der Waals surface area contributed by atoms with Gasteiger partial charge in [0.2, 0.25) is 0 Å². The molecule has 0 radical (unpaired) electrons. The minimum Gasteiger partial charge on any atom is -0.366 e. The number of morpholine rings is 1. The van der Waals surface area contributed by atoms with E-state index in [4.69, 9.17) is 4.74 Å². The molecule has 7 heteroatoms. The largest absolute Gasteiger partial charge is 0.366 e. The summed E-state index contributed by atoms with van der Waals surface area (Å²) in [5.74, 6) is 0.582. The lowest BCUT2D eigenvalue weighted by Crippen LogP contribution is -2.45. The number of hydrogen-bond donors (Lipinski definition) is 2. The van der Waals surface area contributed by atoms with Crippen LogP contribution in [0.25, 0.3) is 0 Å². The van der Waals surface area contributed by atoms with E-state index in [-0.39, 0.29) is 24.4 Å². The molecule has 6 nitrogen and oxygen atoms in total. The third kappa shape index (κ3) is 3.44. The quantitative estimate of drug-likeness (QED) is 0.856. The molecular weight excluding hydrogens is 256 g/mol. The summed E-state index contributed by atoms with van der Waals surface area (Å²) in [5, 5.41) is 10.1. The highest BCUT2D eigenvalue weighted by molar-refractivity contribution is 5.93. The third-order valence-electron chi connectivity index (χ3n) is 2.63. The van der Waals surface area contributed by atoms with Crippen LogP contribution >= 0.6 is 12.4 Å².